The minimum atomic E-state index is -4.00. The number of rotatable bonds is 7. The van der Waals surface area contributed by atoms with Crippen LogP contribution in [0.15, 0.2) is 23.1 Å². The molecule has 1 aromatic rings. The summed E-state index contributed by atoms with van der Waals surface area (Å²) in [7, 11) is -4.00. The van der Waals surface area contributed by atoms with Crippen LogP contribution in [0, 0.1) is 15.5 Å². The van der Waals surface area contributed by atoms with Gasteiger partial charge in [-0.25, -0.2) is 13.1 Å². The highest BCUT2D eigenvalue weighted by atomic mass is 32.2. The van der Waals surface area contributed by atoms with Crippen molar-refractivity contribution >= 4 is 21.4 Å². The molecule has 0 fully saturated rings. The first-order valence-electron chi connectivity index (χ1n) is 6.37. The van der Waals surface area contributed by atoms with Crippen molar-refractivity contribution in [2.24, 2.45) is 11.3 Å². The molecule has 4 N–H and O–H groups in total. The van der Waals surface area contributed by atoms with E-state index in [9.17, 15) is 18.5 Å². The highest BCUT2D eigenvalue weighted by Crippen LogP contribution is 2.27. The smallest absolute Gasteiger partial charge is 0.289 e. The Kier molecular flexibility index (Phi) is 5.26. The van der Waals surface area contributed by atoms with Crippen molar-refractivity contribution in [3.63, 3.8) is 0 Å². The third kappa shape index (κ3) is 4.38. The van der Waals surface area contributed by atoms with E-state index in [4.69, 9.17) is 5.84 Å². The van der Waals surface area contributed by atoms with Gasteiger partial charge in [0.2, 0.25) is 10.0 Å². The minimum absolute atomic E-state index is 0.184. The fourth-order valence-electron chi connectivity index (χ4n) is 1.46. The Morgan fingerprint density at radius 3 is 2.48 bits per heavy atom. The molecule has 0 radical (unpaired) electrons. The Labute approximate surface area is 123 Å². The topological polar surface area (TPSA) is 127 Å². The molecule has 8 nitrogen and oxygen atoms in total. The second-order valence-corrected chi connectivity index (χ2v) is 7.16. The third-order valence-corrected chi connectivity index (χ3v) is 4.74. The van der Waals surface area contributed by atoms with Crippen LogP contribution in [-0.4, -0.2) is 19.9 Å². The zero-order chi connectivity index (χ0) is 16.3. The minimum Gasteiger partial charge on any atom is -0.324 e. The van der Waals surface area contributed by atoms with Crippen molar-refractivity contribution < 1.29 is 13.3 Å². The average Bonchev–Trinajstić information content (AvgIpc) is 2.44. The molecule has 0 aromatic heterocycles. The predicted molar refractivity (Wildman–Crippen MR) is 80.2 cm³/mol. The van der Waals surface area contributed by atoms with Gasteiger partial charge >= 0.3 is 0 Å². The lowest BCUT2D eigenvalue weighted by atomic mass is 9.91. The van der Waals surface area contributed by atoms with Crippen LogP contribution in [0.3, 0.4) is 0 Å². The summed E-state index contributed by atoms with van der Waals surface area (Å²) in [6, 6.07) is 3.58. The lowest BCUT2D eigenvalue weighted by Crippen LogP contribution is -2.34. The first kappa shape index (κ1) is 17.3. The highest BCUT2D eigenvalue weighted by Gasteiger charge is 2.28. The number of hydrogen-bond donors (Lipinski definition) is 3. The Morgan fingerprint density at radius 1 is 1.38 bits per heavy atom. The van der Waals surface area contributed by atoms with Gasteiger partial charge in [-0.3, -0.25) is 16.0 Å². The molecule has 118 valence electrons. The molecule has 0 bridgehead atoms. The van der Waals surface area contributed by atoms with Gasteiger partial charge in [0.1, 0.15) is 0 Å². The maximum Gasteiger partial charge on any atom is 0.289 e. The maximum absolute atomic E-state index is 12.3. The molecule has 0 spiro atoms. The Balaban J connectivity index is 3.20. The summed E-state index contributed by atoms with van der Waals surface area (Å²) < 4.78 is 27.0. The molecule has 0 heterocycles. The molecule has 0 amide bonds. The number of nitro groups is 1. The zero-order valence-electron chi connectivity index (χ0n) is 12.2. The zero-order valence-corrected chi connectivity index (χ0v) is 13.0. The van der Waals surface area contributed by atoms with Gasteiger partial charge in [-0.2, -0.15) is 0 Å². The van der Waals surface area contributed by atoms with Gasteiger partial charge in [0, 0.05) is 12.6 Å². The fourth-order valence-corrected chi connectivity index (χ4v) is 2.90. The van der Waals surface area contributed by atoms with Crippen LogP contribution < -0.4 is 16.0 Å². The van der Waals surface area contributed by atoms with Crippen molar-refractivity contribution in [1.29, 1.82) is 0 Å². The van der Waals surface area contributed by atoms with E-state index in [1.807, 2.05) is 20.8 Å². The second kappa shape index (κ2) is 6.37. The number of sulfonamides is 1. The largest absolute Gasteiger partial charge is 0.324 e. The van der Waals surface area contributed by atoms with Crippen LogP contribution in [0.4, 0.5) is 11.4 Å². The number of hydrogen-bond acceptors (Lipinski definition) is 6. The van der Waals surface area contributed by atoms with E-state index < -0.39 is 25.5 Å². The van der Waals surface area contributed by atoms with Gasteiger partial charge in [-0.1, -0.05) is 20.8 Å². The number of anilines is 1. The van der Waals surface area contributed by atoms with Gasteiger partial charge in [0.15, 0.2) is 4.90 Å². The molecular weight excluding hydrogens is 296 g/mol. The first-order chi connectivity index (χ1) is 9.63. The van der Waals surface area contributed by atoms with E-state index in [0.717, 1.165) is 18.6 Å². The summed E-state index contributed by atoms with van der Waals surface area (Å²) in [5.74, 6) is 5.22. The van der Waals surface area contributed by atoms with E-state index in [1.54, 1.807) is 0 Å². The lowest BCUT2D eigenvalue weighted by Gasteiger charge is -2.22. The molecular formula is C12H20N4O4S. The fraction of sp³-hybridized carbons (Fsp3) is 0.500. The molecule has 0 unspecified atom stereocenters. The first-order valence-corrected chi connectivity index (χ1v) is 7.86. The average molecular weight is 316 g/mol. The van der Waals surface area contributed by atoms with Crippen LogP contribution >= 0.6 is 0 Å². The van der Waals surface area contributed by atoms with Gasteiger partial charge in [0.05, 0.1) is 10.6 Å². The van der Waals surface area contributed by atoms with E-state index in [-0.39, 0.29) is 17.6 Å². The quantitative estimate of drug-likeness (QED) is 0.398. The number of nitro benzene ring substituents is 1. The summed E-state index contributed by atoms with van der Waals surface area (Å²) >= 11 is 0. The summed E-state index contributed by atoms with van der Waals surface area (Å²) in [6.07, 6.45) is 0.766. The molecule has 1 rings (SSSR count). The monoisotopic (exact) mass is 316 g/mol. The molecule has 21 heavy (non-hydrogen) atoms. The summed E-state index contributed by atoms with van der Waals surface area (Å²) in [5.41, 5.74) is 1.81. The van der Waals surface area contributed by atoms with Crippen molar-refractivity contribution in [2.75, 3.05) is 12.0 Å². The summed E-state index contributed by atoms with van der Waals surface area (Å²) in [5, 5.41) is 11.0. The van der Waals surface area contributed by atoms with Gasteiger partial charge in [0.25, 0.3) is 5.69 Å². The van der Waals surface area contributed by atoms with Crippen molar-refractivity contribution in [2.45, 2.75) is 32.1 Å². The summed E-state index contributed by atoms with van der Waals surface area (Å²) in [6.45, 7) is 5.93. The second-order valence-electron chi connectivity index (χ2n) is 5.43. The van der Waals surface area contributed by atoms with Crippen LogP contribution in [0.5, 0.6) is 0 Å². The van der Waals surface area contributed by atoms with E-state index in [0.29, 0.717) is 0 Å². The van der Waals surface area contributed by atoms with Crippen LogP contribution in [0.2, 0.25) is 0 Å². The third-order valence-electron chi connectivity index (χ3n) is 3.31. The normalized spacial score (nSPS) is 12.2. The number of benzene rings is 1. The summed E-state index contributed by atoms with van der Waals surface area (Å²) in [4.78, 5) is 9.84. The van der Waals surface area contributed by atoms with E-state index in [2.05, 4.69) is 10.1 Å². The molecule has 0 aliphatic carbocycles. The Hall–Kier alpha value is -1.71. The van der Waals surface area contributed by atoms with Crippen LogP contribution in [0.1, 0.15) is 27.2 Å². The SMILES string of the molecule is CCC(C)(C)CNS(=O)(=O)c1cc(NN)ccc1[N+](=O)[O-]. The van der Waals surface area contributed by atoms with Crippen LogP contribution in [-0.2, 0) is 10.0 Å². The van der Waals surface area contributed by atoms with Crippen molar-refractivity contribution in [3.8, 4) is 0 Å². The van der Waals surface area contributed by atoms with Crippen molar-refractivity contribution in [3.05, 3.63) is 28.3 Å². The van der Waals surface area contributed by atoms with E-state index in [1.165, 1.54) is 6.07 Å². The predicted octanol–water partition coefficient (Wildman–Crippen LogP) is 1.59. The molecule has 1 aromatic carbocycles. The maximum atomic E-state index is 12.3. The highest BCUT2D eigenvalue weighted by molar-refractivity contribution is 7.89. The molecule has 9 heteroatoms. The number of hydrazine groups is 1. The number of nitrogens with zero attached hydrogens (tertiary/aromatic N) is 1. The number of nitrogens with two attached hydrogens (primary N) is 1. The van der Waals surface area contributed by atoms with Gasteiger partial charge in [-0.15, -0.1) is 0 Å². The van der Waals surface area contributed by atoms with E-state index >= 15 is 0 Å². The van der Waals surface area contributed by atoms with Gasteiger partial charge < -0.3 is 5.43 Å². The van der Waals surface area contributed by atoms with Crippen molar-refractivity contribution in [1.82, 2.24) is 4.72 Å². The lowest BCUT2D eigenvalue weighted by molar-refractivity contribution is -0.387. The van der Waals surface area contributed by atoms with Crippen LogP contribution in [0.25, 0.3) is 0 Å². The number of nitrogen functional groups attached to an aromatic ring is 1. The number of nitrogens with one attached hydrogen (secondary N) is 2. The molecule has 0 saturated heterocycles. The molecule has 0 atom stereocenters. The molecule has 0 aliphatic rings. The molecule has 0 saturated carbocycles. The van der Waals surface area contributed by atoms with Gasteiger partial charge in [-0.05, 0) is 24.0 Å². The molecule has 0 aliphatic heterocycles. The Morgan fingerprint density at radius 2 is 2.00 bits per heavy atom. The standard InChI is InChI=1S/C12H20N4O4S/c1-4-12(2,3)8-14-21(19,20)11-7-9(15-13)5-6-10(11)16(17)18/h5-7,14-15H,4,8,13H2,1-3H3. The Bertz CT molecular complexity index is 628.